The third-order valence-electron chi connectivity index (χ3n) is 6.31. The number of unbranched alkanes of at least 4 members (excludes halogenated alkanes) is 1. The standard InChI is InChI=1S/C28H36N2O6/c1-15-13-17(3)25(19(5)23(15)27(33)35-7)29-21(31)11-9-10-12-22(32)30-26-18(4)14-16(2)24(20(26)6)28(34)36-8/h13-14H,9-12H2,1-8H3,(H,29,31)(H,30,32). The predicted octanol–water partition coefficient (Wildman–Crippen LogP) is 5.25. The first kappa shape index (κ1) is 28.6. The molecule has 2 aromatic carbocycles. The van der Waals surface area contributed by atoms with Crippen LogP contribution in [0.2, 0.25) is 0 Å². The van der Waals surface area contributed by atoms with E-state index in [-0.39, 0.29) is 24.7 Å². The number of hydrogen-bond acceptors (Lipinski definition) is 6. The molecule has 194 valence electrons. The van der Waals surface area contributed by atoms with Gasteiger partial charge in [-0.25, -0.2) is 9.59 Å². The van der Waals surface area contributed by atoms with E-state index < -0.39 is 11.9 Å². The number of amides is 2. The van der Waals surface area contributed by atoms with Crippen molar-refractivity contribution in [2.24, 2.45) is 0 Å². The summed E-state index contributed by atoms with van der Waals surface area (Å²) in [5, 5.41) is 5.81. The number of ether oxygens (including phenoxy) is 2. The number of aryl methyl sites for hydroxylation is 4. The summed E-state index contributed by atoms with van der Waals surface area (Å²) >= 11 is 0. The zero-order valence-corrected chi connectivity index (χ0v) is 22.4. The zero-order valence-electron chi connectivity index (χ0n) is 22.4. The highest BCUT2D eigenvalue weighted by Crippen LogP contribution is 2.29. The minimum absolute atomic E-state index is 0.186. The molecule has 2 N–H and O–H groups in total. The Hall–Kier alpha value is -3.68. The smallest absolute Gasteiger partial charge is 0.338 e. The number of nitrogens with one attached hydrogen (secondary N) is 2. The average molecular weight is 497 g/mol. The third-order valence-corrected chi connectivity index (χ3v) is 6.31. The molecule has 36 heavy (non-hydrogen) atoms. The van der Waals surface area contributed by atoms with E-state index in [4.69, 9.17) is 9.47 Å². The van der Waals surface area contributed by atoms with E-state index >= 15 is 0 Å². The van der Waals surface area contributed by atoms with E-state index in [1.54, 1.807) is 13.8 Å². The van der Waals surface area contributed by atoms with Crippen molar-refractivity contribution in [2.75, 3.05) is 24.9 Å². The zero-order chi connectivity index (χ0) is 27.2. The Bertz CT molecular complexity index is 1110. The Kier molecular flexibility index (Phi) is 9.78. The van der Waals surface area contributed by atoms with Crippen LogP contribution in [0.4, 0.5) is 11.4 Å². The number of rotatable bonds is 9. The SMILES string of the molecule is COC(=O)c1c(C)cc(C)c(NC(=O)CCCCC(=O)Nc2c(C)cc(C)c(C(=O)OC)c2C)c1C. The maximum atomic E-state index is 12.6. The van der Waals surface area contributed by atoms with Crippen molar-refractivity contribution in [1.29, 1.82) is 0 Å². The van der Waals surface area contributed by atoms with Gasteiger partial charge in [0.25, 0.3) is 0 Å². The quantitative estimate of drug-likeness (QED) is 0.362. The van der Waals surface area contributed by atoms with Crippen LogP contribution >= 0.6 is 0 Å². The molecule has 0 heterocycles. The Morgan fingerprint density at radius 3 is 1.25 bits per heavy atom. The van der Waals surface area contributed by atoms with E-state index in [9.17, 15) is 19.2 Å². The van der Waals surface area contributed by atoms with Gasteiger partial charge < -0.3 is 20.1 Å². The van der Waals surface area contributed by atoms with Crippen molar-refractivity contribution in [1.82, 2.24) is 0 Å². The van der Waals surface area contributed by atoms with Crippen LogP contribution in [-0.2, 0) is 19.1 Å². The monoisotopic (exact) mass is 496 g/mol. The van der Waals surface area contributed by atoms with Crippen LogP contribution in [0.1, 0.15) is 79.8 Å². The lowest BCUT2D eigenvalue weighted by Crippen LogP contribution is -2.17. The number of methoxy groups -OCH3 is 2. The Morgan fingerprint density at radius 2 is 0.944 bits per heavy atom. The molecule has 2 amide bonds. The normalized spacial score (nSPS) is 10.6. The van der Waals surface area contributed by atoms with E-state index in [0.29, 0.717) is 46.5 Å². The van der Waals surface area contributed by atoms with Crippen LogP contribution in [0, 0.1) is 41.5 Å². The van der Waals surface area contributed by atoms with Crippen LogP contribution in [0.25, 0.3) is 0 Å². The van der Waals surface area contributed by atoms with Crippen molar-refractivity contribution in [3.8, 4) is 0 Å². The van der Waals surface area contributed by atoms with Crippen LogP contribution in [0.3, 0.4) is 0 Å². The fourth-order valence-electron chi connectivity index (χ4n) is 4.56. The van der Waals surface area contributed by atoms with Gasteiger partial charge in [-0.1, -0.05) is 12.1 Å². The average Bonchev–Trinajstić information content (AvgIpc) is 2.81. The number of anilines is 2. The summed E-state index contributed by atoms with van der Waals surface area (Å²) in [6.45, 7) is 11.0. The van der Waals surface area contributed by atoms with Crippen molar-refractivity contribution >= 4 is 35.1 Å². The van der Waals surface area contributed by atoms with E-state index in [0.717, 1.165) is 22.3 Å². The van der Waals surface area contributed by atoms with Crippen molar-refractivity contribution in [3.63, 3.8) is 0 Å². The number of carbonyl (C=O) groups excluding carboxylic acids is 4. The highest BCUT2D eigenvalue weighted by Gasteiger charge is 2.20. The molecule has 0 aliphatic rings. The van der Waals surface area contributed by atoms with Gasteiger partial charge in [-0.2, -0.15) is 0 Å². The van der Waals surface area contributed by atoms with Crippen LogP contribution in [0.15, 0.2) is 12.1 Å². The molecule has 0 fully saturated rings. The molecule has 0 aliphatic heterocycles. The lowest BCUT2D eigenvalue weighted by molar-refractivity contribution is -0.118. The highest BCUT2D eigenvalue weighted by atomic mass is 16.5. The number of carbonyl (C=O) groups is 4. The topological polar surface area (TPSA) is 111 Å². The second-order valence-corrected chi connectivity index (χ2v) is 9.06. The van der Waals surface area contributed by atoms with Crippen LogP contribution in [0.5, 0.6) is 0 Å². The van der Waals surface area contributed by atoms with Crippen LogP contribution in [-0.4, -0.2) is 38.0 Å². The minimum atomic E-state index is -0.440. The largest absolute Gasteiger partial charge is 0.465 e. The molecular weight excluding hydrogens is 460 g/mol. The summed E-state index contributed by atoms with van der Waals surface area (Å²) in [6, 6.07) is 3.69. The van der Waals surface area contributed by atoms with Gasteiger partial charge in [0, 0.05) is 24.2 Å². The summed E-state index contributed by atoms with van der Waals surface area (Å²) in [5.74, 6) is -1.25. The fraction of sp³-hybridized carbons (Fsp3) is 0.429. The molecule has 0 aliphatic carbocycles. The maximum absolute atomic E-state index is 12.6. The van der Waals surface area contributed by atoms with Gasteiger partial charge >= 0.3 is 11.9 Å². The van der Waals surface area contributed by atoms with Crippen molar-refractivity contribution < 1.29 is 28.7 Å². The highest BCUT2D eigenvalue weighted by molar-refractivity contribution is 5.99. The molecule has 0 saturated heterocycles. The molecule has 0 aromatic heterocycles. The first-order valence-electron chi connectivity index (χ1n) is 11.9. The lowest BCUT2D eigenvalue weighted by Gasteiger charge is -2.17. The first-order valence-corrected chi connectivity index (χ1v) is 11.9. The molecule has 0 spiro atoms. The van der Waals surface area contributed by atoms with E-state index in [1.807, 2.05) is 39.8 Å². The maximum Gasteiger partial charge on any atom is 0.338 e. The molecule has 0 unspecified atom stereocenters. The molecule has 0 radical (unpaired) electrons. The first-order chi connectivity index (χ1) is 16.9. The third kappa shape index (κ3) is 6.50. The second kappa shape index (κ2) is 12.3. The summed E-state index contributed by atoms with van der Waals surface area (Å²) in [4.78, 5) is 49.4. The molecular formula is C28H36N2O6. The van der Waals surface area contributed by atoms with E-state index in [1.165, 1.54) is 14.2 Å². The van der Waals surface area contributed by atoms with Gasteiger partial charge in [-0.3, -0.25) is 9.59 Å². The number of hydrogen-bond donors (Lipinski definition) is 2. The lowest BCUT2D eigenvalue weighted by atomic mass is 9.97. The molecule has 8 nitrogen and oxygen atoms in total. The molecule has 8 heteroatoms. The van der Waals surface area contributed by atoms with Gasteiger partial charge in [0.1, 0.15) is 0 Å². The van der Waals surface area contributed by atoms with Gasteiger partial charge in [0.2, 0.25) is 11.8 Å². The summed E-state index contributed by atoms with van der Waals surface area (Å²) in [7, 11) is 2.66. The Morgan fingerprint density at radius 1 is 0.611 bits per heavy atom. The fourth-order valence-corrected chi connectivity index (χ4v) is 4.56. The second-order valence-electron chi connectivity index (χ2n) is 9.06. The molecule has 2 rings (SSSR count). The van der Waals surface area contributed by atoms with Gasteiger partial charge in [-0.05, 0) is 87.8 Å². The molecule has 0 atom stereocenters. The van der Waals surface area contributed by atoms with Crippen LogP contribution < -0.4 is 10.6 Å². The van der Waals surface area contributed by atoms with Crippen molar-refractivity contribution in [2.45, 2.75) is 67.2 Å². The van der Waals surface area contributed by atoms with Gasteiger partial charge in [-0.15, -0.1) is 0 Å². The van der Waals surface area contributed by atoms with E-state index in [2.05, 4.69) is 10.6 Å². The molecule has 0 bridgehead atoms. The predicted molar refractivity (Wildman–Crippen MR) is 140 cm³/mol. The van der Waals surface area contributed by atoms with Gasteiger partial charge in [0.15, 0.2) is 0 Å². The summed E-state index contributed by atoms with van der Waals surface area (Å²) in [6.07, 6.45) is 1.52. The minimum Gasteiger partial charge on any atom is -0.465 e. The number of esters is 2. The van der Waals surface area contributed by atoms with Crippen molar-refractivity contribution in [3.05, 3.63) is 56.6 Å². The summed E-state index contributed by atoms with van der Waals surface area (Å²) in [5.41, 5.74) is 6.76. The Balaban J connectivity index is 1.96. The molecule has 0 saturated carbocycles. The number of benzene rings is 2. The summed E-state index contributed by atoms with van der Waals surface area (Å²) < 4.78 is 9.75. The van der Waals surface area contributed by atoms with Gasteiger partial charge in [0.05, 0.1) is 25.3 Å². The Labute approximate surface area is 212 Å². The molecule has 2 aromatic rings.